The Balaban J connectivity index is 2.19. The van der Waals surface area contributed by atoms with Gasteiger partial charge in [0.15, 0.2) is 0 Å². The van der Waals surface area contributed by atoms with Crippen LogP contribution in [0.5, 0.6) is 0 Å². The van der Waals surface area contributed by atoms with Crippen LogP contribution in [0.15, 0.2) is 42.5 Å². The van der Waals surface area contributed by atoms with E-state index in [4.69, 9.17) is 11.5 Å². The van der Waals surface area contributed by atoms with Crippen molar-refractivity contribution in [3.63, 3.8) is 0 Å². The third kappa shape index (κ3) is 3.09. The maximum Gasteiger partial charge on any atom is 0.250 e. The van der Waals surface area contributed by atoms with Gasteiger partial charge >= 0.3 is 0 Å². The Morgan fingerprint density at radius 3 is 2.40 bits per heavy atom. The molecule has 1 amide bonds. The van der Waals surface area contributed by atoms with Gasteiger partial charge in [0.05, 0.1) is 5.56 Å². The van der Waals surface area contributed by atoms with Gasteiger partial charge in [-0.1, -0.05) is 29.8 Å². The van der Waals surface area contributed by atoms with Crippen molar-refractivity contribution in [1.29, 1.82) is 0 Å². The number of amides is 1. The number of rotatable bonds is 4. The molecule has 0 aromatic heterocycles. The summed E-state index contributed by atoms with van der Waals surface area (Å²) in [4.78, 5) is 11.3. The molecule has 4 nitrogen and oxygen atoms in total. The quantitative estimate of drug-likeness (QED) is 0.746. The average Bonchev–Trinajstić information content (AvgIpc) is 2.41. The Labute approximate surface area is 118 Å². The largest absolute Gasteiger partial charge is 0.398 e. The van der Waals surface area contributed by atoms with E-state index in [1.54, 1.807) is 12.1 Å². The summed E-state index contributed by atoms with van der Waals surface area (Å²) < 4.78 is 0. The van der Waals surface area contributed by atoms with E-state index in [0.717, 1.165) is 5.69 Å². The summed E-state index contributed by atoms with van der Waals surface area (Å²) in [7, 11) is 0. The van der Waals surface area contributed by atoms with Crippen LogP contribution in [0.25, 0.3) is 0 Å². The molecule has 5 N–H and O–H groups in total. The van der Waals surface area contributed by atoms with Gasteiger partial charge in [-0.05, 0) is 37.6 Å². The van der Waals surface area contributed by atoms with Crippen LogP contribution in [-0.4, -0.2) is 5.91 Å². The molecule has 0 radical (unpaired) electrons. The molecule has 2 aromatic rings. The predicted octanol–water partition coefficient (Wildman–Crippen LogP) is 2.85. The minimum Gasteiger partial charge on any atom is -0.398 e. The van der Waals surface area contributed by atoms with E-state index >= 15 is 0 Å². The van der Waals surface area contributed by atoms with Gasteiger partial charge in [0.1, 0.15) is 0 Å². The molecule has 0 aliphatic rings. The van der Waals surface area contributed by atoms with E-state index in [1.165, 1.54) is 11.1 Å². The van der Waals surface area contributed by atoms with E-state index < -0.39 is 5.91 Å². The Hall–Kier alpha value is -2.49. The lowest BCUT2D eigenvalue weighted by Gasteiger charge is -2.17. The molecule has 0 heterocycles. The van der Waals surface area contributed by atoms with Gasteiger partial charge in [-0.15, -0.1) is 0 Å². The van der Waals surface area contributed by atoms with E-state index in [2.05, 4.69) is 43.4 Å². The molecule has 2 rings (SSSR count). The molecule has 0 aliphatic heterocycles. The normalized spacial score (nSPS) is 11.9. The van der Waals surface area contributed by atoms with Crippen LogP contribution in [-0.2, 0) is 0 Å². The minimum atomic E-state index is -0.519. The van der Waals surface area contributed by atoms with Crippen molar-refractivity contribution in [2.24, 2.45) is 5.73 Å². The smallest absolute Gasteiger partial charge is 0.250 e. The van der Waals surface area contributed by atoms with Gasteiger partial charge in [0.2, 0.25) is 0 Å². The molecular formula is C16H19N3O. The number of aryl methyl sites for hydroxylation is 1. The van der Waals surface area contributed by atoms with E-state index in [0.29, 0.717) is 11.3 Å². The van der Waals surface area contributed by atoms with Gasteiger partial charge < -0.3 is 16.8 Å². The van der Waals surface area contributed by atoms with Crippen molar-refractivity contribution in [2.75, 3.05) is 11.1 Å². The van der Waals surface area contributed by atoms with Gasteiger partial charge in [-0.3, -0.25) is 4.79 Å². The second-order valence-electron chi connectivity index (χ2n) is 4.94. The number of nitrogen functional groups attached to an aromatic ring is 1. The summed E-state index contributed by atoms with van der Waals surface area (Å²) >= 11 is 0. The number of benzene rings is 2. The molecule has 0 spiro atoms. The van der Waals surface area contributed by atoms with Crippen LogP contribution in [0, 0.1) is 6.92 Å². The maximum absolute atomic E-state index is 11.3. The van der Waals surface area contributed by atoms with Crippen molar-refractivity contribution in [1.82, 2.24) is 0 Å². The first-order valence-electron chi connectivity index (χ1n) is 6.50. The number of hydrogen-bond acceptors (Lipinski definition) is 3. The highest BCUT2D eigenvalue weighted by Gasteiger charge is 2.09. The number of hydrogen-bond donors (Lipinski definition) is 3. The van der Waals surface area contributed by atoms with Crippen LogP contribution in [0.1, 0.15) is 34.5 Å². The van der Waals surface area contributed by atoms with Crippen LogP contribution in [0.3, 0.4) is 0 Å². The molecule has 1 unspecified atom stereocenters. The highest BCUT2D eigenvalue weighted by atomic mass is 16.1. The summed E-state index contributed by atoms with van der Waals surface area (Å²) in [5.74, 6) is -0.519. The fourth-order valence-corrected chi connectivity index (χ4v) is 2.05. The zero-order valence-electron chi connectivity index (χ0n) is 11.7. The Morgan fingerprint density at radius 2 is 1.80 bits per heavy atom. The van der Waals surface area contributed by atoms with Crippen molar-refractivity contribution >= 4 is 17.3 Å². The van der Waals surface area contributed by atoms with E-state index in [-0.39, 0.29) is 6.04 Å². The van der Waals surface area contributed by atoms with Crippen molar-refractivity contribution in [3.05, 3.63) is 59.2 Å². The first kappa shape index (κ1) is 13.9. The van der Waals surface area contributed by atoms with Gasteiger partial charge in [-0.2, -0.15) is 0 Å². The van der Waals surface area contributed by atoms with Gasteiger partial charge in [-0.25, -0.2) is 0 Å². The first-order chi connectivity index (χ1) is 9.47. The molecule has 0 saturated heterocycles. The Kier molecular flexibility index (Phi) is 3.94. The Morgan fingerprint density at radius 1 is 1.15 bits per heavy atom. The highest BCUT2D eigenvalue weighted by Crippen LogP contribution is 2.23. The lowest BCUT2D eigenvalue weighted by atomic mass is 10.1. The molecule has 0 saturated carbocycles. The topological polar surface area (TPSA) is 81.1 Å². The molecular weight excluding hydrogens is 250 g/mol. The fraction of sp³-hybridized carbons (Fsp3) is 0.188. The number of anilines is 2. The first-order valence-corrected chi connectivity index (χ1v) is 6.50. The molecule has 2 aromatic carbocycles. The average molecular weight is 269 g/mol. The lowest BCUT2D eigenvalue weighted by molar-refractivity contribution is 0.100. The number of nitrogens with two attached hydrogens (primary N) is 2. The summed E-state index contributed by atoms with van der Waals surface area (Å²) in [5, 5.41) is 3.34. The minimum absolute atomic E-state index is 0.125. The number of carbonyl (C=O) groups is 1. The third-order valence-electron chi connectivity index (χ3n) is 3.28. The maximum atomic E-state index is 11.3. The summed E-state index contributed by atoms with van der Waals surface area (Å²) in [5.41, 5.74) is 15.0. The van der Waals surface area contributed by atoms with E-state index in [9.17, 15) is 4.79 Å². The molecule has 20 heavy (non-hydrogen) atoms. The summed E-state index contributed by atoms with van der Waals surface area (Å²) in [6.07, 6.45) is 0. The third-order valence-corrected chi connectivity index (χ3v) is 3.28. The zero-order valence-corrected chi connectivity index (χ0v) is 11.7. The van der Waals surface area contributed by atoms with E-state index in [1.807, 2.05) is 6.07 Å². The van der Waals surface area contributed by atoms with Crippen LogP contribution < -0.4 is 16.8 Å². The Bertz CT molecular complexity index is 620. The SMILES string of the molecule is Cc1ccc(C(C)Nc2ccc(N)c(C(N)=O)c2)cc1. The summed E-state index contributed by atoms with van der Waals surface area (Å²) in [6, 6.07) is 13.6. The van der Waals surface area contributed by atoms with Crippen LogP contribution in [0.4, 0.5) is 11.4 Å². The molecule has 1 atom stereocenters. The predicted molar refractivity (Wildman–Crippen MR) is 82.6 cm³/mol. The highest BCUT2D eigenvalue weighted by molar-refractivity contribution is 5.98. The number of primary amides is 1. The van der Waals surface area contributed by atoms with Gasteiger partial charge in [0, 0.05) is 17.4 Å². The zero-order chi connectivity index (χ0) is 14.7. The van der Waals surface area contributed by atoms with Crippen LogP contribution >= 0.6 is 0 Å². The molecule has 0 aliphatic carbocycles. The number of carbonyl (C=O) groups excluding carboxylic acids is 1. The summed E-state index contributed by atoms with van der Waals surface area (Å²) in [6.45, 7) is 4.12. The van der Waals surface area contributed by atoms with Crippen molar-refractivity contribution in [3.8, 4) is 0 Å². The van der Waals surface area contributed by atoms with Crippen molar-refractivity contribution in [2.45, 2.75) is 19.9 Å². The monoisotopic (exact) mass is 269 g/mol. The molecule has 4 heteroatoms. The lowest BCUT2D eigenvalue weighted by Crippen LogP contribution is -2.14. The van der Waals surface area contributed by atoms with Crippen molar-refractivity contribution < 1.29 is 4.79 Å². The van der Waals surface area contributed by atoms with Crippen LogP contribution in [0.2, 0.25) is 0 Å². The van der Waals surface area contributed by atoms with Gasteiger partial charge in [0.25, 0.3) is 5.91 Å². The second-order valence-corrected chi connectivity index (χ2v) is 4.94. The standard InChI is InChI=1S/C16H19N3O/c1-10-3-5-12(6-4-10)11(2)19-13-7-8-15(17)14(9-13)16(18)20/h3-9,11,19H,17H2,1-2H3,(H2,18,20). The molecule has 0 bridgehead atoms. The molecule has 104 valence electrons. The number of nitrogens with one attached hydrogen (secondary N) is 1. The second kappa shape index (κ2) is 5.65. The fourth-order valence-electron chi connectivity index (χ4n) is 2.05. The molecule has 0 fully saturated rings.